The number of carbonyl (C=O) groups is 1. The highest BCUT2D eigenvalue weighted by molar-refractivity contribution is 5.94. The van der Waals surface area contributed by atoms with E-state index >= 15 is 0 Å². The average molecular weight is 263 g/mol. The van der Waals surface area contributed by atoms with Crippen molar-refractivity contribution in [2.75, 3.05) is 18.5 Å². The maximum Gasteiger partial charge on any atom is 0.231 e. The molecule has 0 spiro atoms. The normalized spacial score (nSPS) is 22.0. The number of hydrogen-bond acceptors (Lipinski definition) is 4. The Hall–Kier alpha value is -1.97. The monoisotopic (exact) mass is 263 g/mol. The molecule has 1 aliphatic rings. The molecule has 0 saturated carbocycles. The van der Waals surface area contributed by atoms with Gasteiger partial charge in [0, 0.05) is 17.3 Å². The number of halogens is 1. The Morgan fingerprint density at radius 2 is 2.32 bits per heavy atom. The molecule has 5 nitrogen and oxygen atoms in total. The topological polar surface area (TPSA) is 88.1 Å². The van der Waals surface area contributed by atoms with Gasteiger partial charge in [0.25, 0.3) is 0 Å². The Morgan fingerprint density at radius 3 is 2.89 bits per heavy atom. The van der Waals surface area contributed by atoms with Gasteiger partial charge in [-0.3, -0.25) is 4.79 Å². The van der Waals surface area contributed by atoms with Crippen molar-refractivity contribution >= 4 is 11.6 Å². The Bertz CT molecular complexity index is 554. The van der Waals surface area contributed by atoms with E-state index in [-0.39, 0.29) is 24.1 Å². The second-order valence-electron chi connectivity index (χ2n) is 4.54. The molecule has 1 aliphatic heterocycles. The highest BCUT2D eigenvalue weighted by Crippen LogP contribution is 2.22. The van der Waals surface area contributed by atoms with Crippen molar-refractivity contribution in [3.8, 4) is 6.07 Å². The number of nitrogens with two attached hydrogens (primary N) is 1. The Labute approximate surface area is 110 Å². The number of carbonyl (C=O) groups excluding carboxylic acids is 1. The fraction of sp³-hybridized carbons (Fsp3) is 0.385. The number of ether oxygens (including phenoxy) is 1. The minimum absolute atomic E-state index is 0.158. The lowest BCUT2D eigenvalue weighted by Crippen LogP contribution is -2.37. The summed E-state index contributed by atoms with van der Waals surface area (Å²) in [7, 11) is 0. The van der Waals surface area contributed by atoms with Crippen LogP contribution in [0.1, 0.15) is 11.1 Å². The van der Waals surface area contributed by atoms with E-state index in [0.29, 0.717) is 17.9 Å². The molecule has 2 unspecified atom stereocenters. The summed E-state index contributed by atoms with van der Waals surface area (Å²) in [4.78, 5) is 12.0. The van der Waals surface area contributed by atoms with Crippen LogP contribution in [-0.4, -0.2) is 25.2 Å². The van der Waals surface area contributed by atoms with E-state index in [9.17, 15) is 9.18 Å². The smallest absolute Gasteiger partial charge is 0.231 e. The molecular formula is C13H14FN3O2. The SMILES string of the molecule is Cc1c(F)cc(C#N)cc1NC(=O)C1COCC1N. The number of rotatable bonds is 2. The molecule has 0 aliphatic carbocycles. The molecule has 1 heterocycles. The van der Waals surface area contributed by atoms with Crippen molar-refractivity contribution in [1.29, 1.82) is 5.26 Å². The number of hydrogen-bond donors (Lipinski definition) is 2. The minimum Gasteiger partial charge on any atom is -0.379 e. The van der Waals surface area contributed by atoms with Gasteiger partial charge in [-0.1, -0.05) is 0 Å². The largest absolute Gasteiger partial charge is 0.379 e. The zero-order valence-corrected chi connectivity index (χ0v) is 10.4. The highest BCUT2D eigenvalue weighted by Gasteiger charge is 2.31. The molecule has 0 bridgehead atoms. The maximum absolute atomic E-state index is 13.6. The maximum atomic E-state index is 13.6. The number of nitrogens with zero attached hydrogens (tertiary/aromatic N) is 1. The lowest BCUT2D eigenvalue weighted by atomic mass is 10.0. The van der Waals surface area contributed by atoms with E-state index < -0.39 is 11.7 Å². The van der Waals surface area contributed by atoms with Gasteiger partial charge in [-0.15, -0.1) is 0 Å². The van der Waals surface area contributed by atoms with E-state index in [1.807, 2.05) is 6.07 Å². The van der Waals surface area contributed by atoms with Gasteiger partial charge in [-0.2, -0.15) is 5.26 Å². The third-order valence-electron chi connectivity index (χ3n) is 3.19. The molecule has 6 heteroatoms. The summed E-state index contributed by atoms with van der Waals surface area (Å²) in [5, 5.41) is 11.4. The predicted octanol–water partition coefficient (Wildman–Crippen LogP) is 0.918. The molecule has 19 heavy (non-hydrogen) atoms. The Balaban J connectivity index is 2.21. The number of benzene rings is 1. The minimum atomic E-state index is -0.527. The second-order valence-corrected chi connectivity index (χ2v) is 4.54. The summed E-state index contributed by atoms with van der Waals surface area (Å²) in [5.41, 5.74) is 6.49. The molecular weight excluding hydrogens is 249 g/mol. The molecule has 2 rings (SSSR count). The van der Waals surface area contributed by atoms with Crippen LogP contribution in [0.2, 0.25) is 0 Å². The molecule has 1 saturated heterocycles. The zero-order chi connectivity index (χ0) is 14.0. The molecule has 2 atom stereocenters. The third-order valence-corrected chi connectivity index (χ3v) is 3.19. The van der Waals surface area contributed by atoms with Gasteiger partial charge in [0.1, 0.15) is 5.82 Å². The van der Waals surface area contributed by atoms with Gasteiger partial charge in [0.05, 0.1) is 30.8 Å². The fourth-order valence-electron chi connectivity index (χ4n) is 1.94. The van der Waals surface area contributed by atoms with Crippen LogP contribution in [0.15, 0.2) is 12.1 Å². The molecule has 1 fully saturated rings. The van der Waals surface area contributed by atoms with Crippen molar-refractivity contribution in [2.45, 2.75) is 13.0 Å². The van der Waals surface area contributed by atoms with E-state index in [1.165, 1.54) is 13.0 Å². The summed E-state index contributed by atoms with van der Waals surface area (Å²) >= 11 is 0. The van der Waals surface area contributed by atoms with Gasteiger partial charge >= 0.3 is 0 Å². The molecule has 1 aromatic carbocycles. The van der Waals surface area contributed by atoms with Crippen LogP contribution in [0.5, 0.6) is 0 Å². The third kappa shape index (κ3) is 2.72. The van der Waals surface area contributed by atoms with Crippen molar-refractivity contribution in [3.05, 3.63) is 29.1 Å². The van der Waals surface area contributed by atoms with E-state index in [2.05, 4.69) is 5.32 Å². The second kappa shape index (κ2) is 5.34. The van der Waals surface area contributed by atoms with Crippen molar-refractivity contribution in [3.63, 3.8) is 0 Å². The summed E-state index contributed by atoms with van der Waals surface area (Å²) in [6.07, 6.45) is 0. The van der Waals surface area contributed by atoms with Gasteiger partial charge in [0.15, 0.2) is 0 Å². The summed E-state index contributed by atoms with van der Waals surface area (Å²) in [5.74, 6) is -1.29. The fourth-order valence-corrected chi connectivity index (χ4v) is 1.94. The predicted molar refractivity (Wildman–Crippen MR) is 66.8 cm³/mol. The van der Waals surface area contributed by atoms with Crippen LogP contribution in [-0.2, 0) is 9.53 Å². The van der Waals surface area contributed by atoms with Gasteiger partial charge in [-0.25, -0.2) is 4.39 Å². The lowest BCUT2D eigenvalue weighted by Gasteiger charge is -2.15. The number of amides is 1. The molecule has 0 aromatic heterocycles. The first-order valence-electron chi connectivity index (χ1n) is 5.87. The van der Waals surface area contributed by atoms with Crippen LogP contribution in [0.4, 0.5) is 10.1 Å². The van der Waals surface area contributed by atoms with Crippen molar-refractivity contribution in [2.24, 2.45) is 11.7 Å². The first-order chi connectivity index (χ1) is 9.02. The molecule has 1 amide bonds. The van der Waals surface area contributed by atoms with Crippen LogP contribution < -0.4 is 11.1 Å². The van der Waals surface area contributed by atoms with Crippen LogP contribution in [0.3, 0.4) is 0 Å². The molecule has 0 radical (unpaired) electrons. The summed E-state index contributed by atoms with van der Waals surface area (Å²) < 4.78 is 18.7. The summed E-state index contributed by atoms with van der Waals surface area (Å²) in [6.45, 7) is 2.13. The zero-order valence-electron chi connectivity index (χ0n) is 10.4. The first-order valence-corrected chi connectivity index (χ1v) is 5.87. The van der Waals surface area contributed by atoms with Gasteiger partial charge in [0.2, 0.25) is 5.91 Å². The van der Waals surface area contributed by atoms with Gasteiger partial charge in [-0.05, 0) is 19.1 Å². The number of nitriles is 1. The Kier molecular flexibility index (Phi) is 3.79. The van der Waals surface area contributed by atoms with Crippen LogP contribution in [0, 0.1) is 30.0 Å². The number of nitrogens with one attached hydrogen (secondary N) is 1. The molecule has 3 N–H and O–H groups in total. The first kappa shape index (κ1) is 13.5. The van der Waals surface area contributed by atoms with Crippen molar-refractivity contribution < 1.29 is 13.9 Å². The van der Waals surface area contributed by atoms with E-state index in [0.717, 1.165) is 6.07 Å². The van der Waals surface area contributed by atoms with E-state index in [4.69, 9.17) is 15.7 Å². The van der Waals surface area contributed by atoms with Gasteiger partial charge < -0.3 is 15.8 Å². The highest BCUT2D eigenvalue weighted by atomic mass is 19.1. The number of anilines is 1. The molecule has 1 aromatic rings. The lowest BCUT2D eigenvalue weighted by molar-refractivity contribution is -0.120. The van der Waals surface area contributed by atoms with Crippen molar-refractivity contribution in [1.82, 2.24) is 0 Å². The Morgan fingerprint density at radius 1 is 1.58 bits per heavy atom. The quantitative estimate of drug-likeness (QED) is 0.830. The van der Waals surface area contributed by atoms with E-state index in [1.54, 1.807) is 0 Å². The standard InChI is InChI=1S/C13H14FN3O2/c1-7-10(14)2-8(4-15)3-12(7)17-13(18)9-5-19-6-11(9)16/h2-3,9,11H,5-6,16H2,1H3,(H,17,18). The van der Waals surface area contributed by atoms with Crippen LogP contribution in [0.25, 0.3) is 0 Å². The summed E-state index contributed by atoms with van der Waals surface area (Å²) in [6, 6.07) is 4.07. The van der Waals surface area contributed by atoms with Crippen LogP contribution >= 0.6 is 0 Å². The average Bonchev–Trinajstić information content (AvgIpc) is 2.80. The molecule has 100 valence electrons.